The second-order valence-corrected chi connectivity index (χ2v) is 8.06. The Bertz CT molecular complexity index is 1490. The molecular formula is C25H17Cl2N3O4. The Morgan fingerprint density at radius 3 is 2.50 bits per heavy atom. The highest BCUT2D eigenvalue weighted by atomic mass is 35.5. The summed E-state index contributed by atoms with van der Waals surface area (Å²) in [6, 6.07) is 18.0. The lowest BCUT2D eigenvalue weighted by Gasteiger charge is -2.07. The molecule has 0 aliphatic rings. The Kier molecular flexibility index (Phi) is 6.77. The number of hydrogen-bond acceptors (Lipinski definition) is 5. The Labute approximate surface area is 204 Å². The maximum absolute atomic E-state index is 12.5. The average Bonchev–Trinajstić information content (AvgIpc) is 2.83. The molecule has 0 aliphatic heterocycles. The van der Waals surface area contributed by atoms with Gasteiger partial charge in [-0.15, -0.1) is 0 Å². The Morgan fingerprint density at radius 1 is 1.03 bits per heavy atom. The standard InChI is InChI=1S/C25H17Cl2N3O4/c1-34-25(33)16-7-10-19-21(13-16)29-22(30-24(19)32)20(27)12-14-3-2-4-18(11-14)28-23(31)15-5-8-17(26)9-6-15/h2-13H,1H3,(H,28,31)(H,29,30,32)/b20-12-. The van der Waals surface area contributed by atoms with Crippen LogP contribution in [0.3, 0.4) is 0 Å². The van der Waals surface area contributed by atoms with Crippen LogP contribution in [-0.4, -0.2) is 29.0 Å². The number of rotatable bonds is 5. The molecule has 4 aromatic rings. The fraction of sp³-hybridized carbons (Fsp3) is 0.0400. The zero-order chi connectivity index (χ0) is 24.2. The summed E-state index contributed by atoms with van der Waals surface area (Å²) in [5.74, 6) is -0.688. The molecule has 0 spiro atoms. The molecular weight excluding hydrogens is 477 g/mol. The highest BCUT2D eigenvalue weighted by Gasteiger charge is 2.12. The van der Waals surface area contributed by atoms with E-state index in [0.29, 0.717) is 32.7 Å². The van der Waals surface area contributed by atoms with Crippen molar-refractivity contribution in [2.24, 2.45) is 0 Å². The van der Waals surface area contributed by atoms with Crippen molar-refractivity contribution in [1.29, 1.82) is 0 Å². The summed E-state index contributed by atoms with van der Waals surface area (Å²) in [6.07, 6.45) is 1.60. The second-order valence-electron chi connectivity index (χ2n) is 7.22. The van der Waals surface area contributed by atoms with Crippen LogP contribution in [0.15, 0.2) is 71.5 Å². The van der Waals surface area contributed by atoms with E-state index < -0.39 is 11.5 Å². The number of aromatic nitrogens is 2. The molecule has 0 saturated carbocycles. The normalized spacial score (nSPS) is 11.3. The van der Waals surface area contributed by atoms with E-state index in [2.05, 4.69) is 15.3 Å². The van der Waals surface area contributed by atoms with Crippen LogP contribution in [0.1, 0.15) is 32.1 Å². The molecule has 170 valence electrons. The first-order valence-corrected chi connectivity index (χ1v) is 10.8. The maximum Gasteiger partial charge on any atom is 0.337 e. The third kappa shape index (κ3) is 5.17. The predicted molar refractivity (Wildman–Crippen MR) is 133 cm³/mol. The van der Waals surface area contributed by atoms with Crippen LogP contribution in [0.25, 0.3) is 22.0 Å². The maximum atomic E-state index is 12.5. The van der Waals surface area contributed by atoms with Crippen molar-refractivity contribution in [1.82, 2.24) is 9.97 Å². The first kappa shape index (κ1) is 23.2. The van der Waals surface area contributed by atoms with E-state index >= 15 is 0 Å². The van der Waals surface area contributed by atoms with Crippen molar-refractivity contribution in [2.75, 3.05) is 12.4 Å². The van der Waals surface area contributed by atoms with Crippen LogP contribution >= 0.6 is 23.2 Å². The molecule has 9 heteroatoms. The number of ether oxygens (including phenoxy) is 1. The number of benzene rings is 3. The number of aromatic amines is 1. The zero-order valence-electron chi connectivity index (χ0n) is 17.8. The van der Waals surface area contributed by atoms with E-state index in [4.69, 9.17) is 27.9 Å². The molecule has 1 aromatic heterocycles. The van der Waals surface area contributed by atoms with Crippen molar-refractivity contribution < 1.29 is 14.3 Å². The topological polar surface area (TPSA) is 101 Å². The number of H-pyrrole nitrogens is 1. The molecule has 7 nitrogen and oxygen atoms in total. The number of halogens is 2. The molecule has 0 saturated heterocycles. The number of anilines is 1. The van der Waals surface area contributed by atoms with Gasteiger partial charge in [-0.05, 0) is 66.2 Å². The summed E-state index contributed by atoms with van der Waals surface area (Å²) in [4.78, 5) is 43.8. The number of esters is 1. The van der Waals surface area contributed by atoms with E-state index in [1.54, 1.807) is 54.6 Å². The molecule has 0 bridgehead atoms. The van der Waals surface area contributed by atoms with Gasteiger partial charge in [-0.1, -0.05) is 35.3 Å². The molecule has 4 rings (SSSR count). The quantitative estimate of drug-likeness (QED) is 0.364. The van der Waals surface area contributed by atoms with Crippen LogP contribution in [0.5, 0.6) is 0 Å². The first-order valence-electron chi connectivity index (χ1n) is 10.0. The summed E-state index contributed by atoms with van der Waals surface area (Å²) in [5, 5.41) is 3.84. The second kappa shape index (κ2) is 9.91. The molecule has 0 aliphatic carbocycles. The van der Waals surface area contributed by atoms with Crippen LogP contribution in [-0.2, 0) is 4.74 Å². The summed E-state index contributed by atoms with van der Waals surface area (Å²) >= 11 is 12.3. The highest BCUT2D eigenvalue weighted by Crippen LogP contribution is 2.22. The van der Waals surface area contributed by atoms with Crippen molar-refractivity contribution in [3.05, 3.63) is 105 Å². The third-order valence-electron chi connectivity index (χ3n) is 4.90. The van der Waals surface area contributed by atoms with E-state index in [1.807, 2.05) is 0 Å². The summed E-state index contributed by atoms with van der Waals surface area (Å²) in [6.45, 7) is 0. The number of hydrogen-bond donors (Lipinski definition) is 2. The largest absolute Gasteiger partial charge is 0.465 e. The Morgan fingerprint density at radius 2 is 1.76 bits per heavy atom. The number of nitrogens with one attached hydrogen (secondary N) is 2. The summed E-state index contributed by atoms with van der Waals surface area (Å²) in [5.41, 5.74) is 1.87. The van der Waals surface area contributed by atoms with Crippen molar-refractivity contribution in [3.8, 4) is 0 Å². The van der Waals surface area contributed by atoms with Gasteiger partial charge in [-0.25, -0.2) is 9.78 Å². The highest BCUT2D eigenvalue weighted by molar-refractivity contribution is 6.50. The first-order chi connectivity index (χ1) is 16.3. The van der Waals surface area contributed by atoms with Crippen molar-refractivity contribution in [2.45, 2.75) is 0 Å². The van der Waals surface area contributed by atoms with Gasteiger partial charge in [0, 0.05) is 16.3 Å². The minimum absolute atomic E-state index is 0.136. The van der Waals surface area contributed by atoms with Crippen LogP contribution in [0, 0.1) is 0 Å². The van der Waals surface area contributed by atoms with Crippen LogP contribution in [0.2, 0.25) is 5.02 Å². The monoisotopic (exact) mass is 493 g/mol. The van der Waals surface area contributed by atoms with Gasteiger partial charge in [0.05, 0.1) is 28.6 Å². The van der Waals surface area contributed by atoms with E-state index in [9.17, 15) is 14.4 Å². The van der Waals surface area contributed by atoms with Gasteiger partial charge < -0.3 is 15.0 Å². The van der Waals surface area contributed by atoms with Gasteiger partial charge in [-0.2, -0.15) is 0 Å². The van der Waals surface area contributed by atoms with Gasteiger partial charge >= 0.3 is 5.97 Å². The molecule has 1 amide bonds. The number of carbonyl (C=O) groups is 2. The van der Waals surface area contributed by atoms with Crippen molar-refractivity contribution >= 4 is 62.8 Å². The zero-order valence-corrected chi connectivity index (χ0v) is 19.3. The Balaban J connectivity index is 1.61. The molecule has 1 heterocycles. The molecule has 2 N–H and O–H groups in total. The van der Waals surface area contributed by atoms with Gasteiger partial charge in [0.15, 0.2) is 5.82 Å². The molecule has 0 atom stereocenters. The number of nitrogens with zero attached hydrogens (tertiary/aromatic N) is 1. The van der Waals surface area contributed by atoms with Gasteiger partial charge in [0.2, 0.25) is 0 Å². The van der Waals surface area contributed by atoms with Gasteiger partial charge in [-0.3, -0.25) is 9.59 Å². The predicted octanol–water partition coefficient (Wildman–Crippen LogP) is 5.35. The third-order valence-corrected chi connectivity index (χ3v) is 5.44. The number of fused-ring (bicyclic) bond motifs is 1. The van der Waals surface area contributed by atoms with E-state index in [1.165, 1.54) is 25.3 Å². The van der Waals surface area contributed by atoms with Crippen LogP contribution < -0.4 is 10.9 Å². The van der Waals surface area contributed by atoms with Gasteiger partial charge in [0.25, 0.3) is 11.5 Å². The molecule has 0 radical (unpaired) electrons. The lowest BCUT2D eigenvalue weighted by Crippen LogP contribution is -2.12. The van der Waals surface area contributed by atoms with E-state index in [-0.39, 0.29) is 22.3 Å². The number of carbonyl (C=O) groups excluding carboxylic acids is 2. The van der Waals surface area contributed by atoms with Gasteiger partial charge in [0.1, 0.15) is 0 Å². The fourth-order valence-electron chi connectivity index (χ4n) is 3.22. The molecule has 34 heavy (non-hydrogen) atoms. The SMILES string of the molecule is COC(=O)c1ccc2c(=O)[nH]c(/C(Cl)=C/c3cccc(NC(=O)c4ccc(Cl)cc4)c3)nc2c1. The average molecular weight is 494 g/mol. The summed E-state index contributed by atoms with van der Waals surface area (Å²) < 4.78 is 4.72. The number of methoxy groups -OCH3 is 1. The lowest BCUT2D eigenvalue weighted by molar-refractivity contribution is 0.0600. The van der Waals surface area contributed by atoms with Crippen LogP contribution in [0.4, 0.5) is 5.69 Å². The Hall–Kier alpha value is -3.94. The lowest BCUT2D eigenvalue weighted by atomic mass is 10.1. The smallest absolute Gasteiger partial charge is 0.337 e. The number of amides is 1. The minimum Gasteiger partial charge on any atom is -0.465 e. The minimum atomic E-state index is -0.537. The molecule has 3 aromatic carbocycles. The summed E-state index contributed by atoms with van der Waals surface area (Å²) in [7, 11) is 1.27. The van der Waals surface area contributed by atoms with Crippen molar-refractivity contribution in [3.63, 3.8) is 0 Å². The molecule has 0 unspecified atom stereocenters. The fourth-order valence-corrected chi connectivity index (χ4v) is 3.56. The van der Waals surface area contributed by atoms with E-state index in [0.717, 1.165) is 0 Å². The molecule has 0 fully saturated rings.